The van der Waals surface area contributed by atoms with Gasteiger partial charge < -0.3 is 9.55 Å². The van der Waals surface area contributed by atoms with Crippen LogP contribution in [-0.2, 0) is 13.1 Å². The van der Waals surface area contributed by atoms with Crippen molar-refractivity contribution in [3.05, 3.63) is 40.4 Å². The molecule has 0 aliphatic rings. The molecule has 0 unspecified atom stereocenters. The summed E-state index contributed by atoms with van der Waals surface area (Å²) in [4.78, 5) is 3.15. The molecule has 0 saturated heterocycles. The Kier molecular flexibility index (Phi) is 3.35. The Hall–Kier alpha value is -1.66. The van der Waals surface area contributed by atoms with Crippen molar-refractivity contribution in [3.63, 3.8) is 0 Å². The quantitative estimate of drug-likeness (QED) is 0.752. The maximum Gasteiger partial charge on any atom is 0.178 e. The predicted molar refractivity (Wildman–Crippen MR) is 76.8 cm³/mol. The number of fused-ring (bicyclic) bond motifs is 1. The van der Waals surface area contributed by atoms with E-state index in [2.05, 4.69) is 19.9 Å². The molecule has 1 N–H and O–H groups in total. The molecular formula is C12H12ClN5S. The van der Waals surface area contributed by atoms with Crippen molar-refractivity contribution >= 4 is 34.9 Å². The van der Waals surface area contributed by atoms with Crippen molar-refractivity contribution in [3.8, 4) is 0 Å². The first-order valence-electron chi connectivity index (χ1n) is 5.97. The molecule has 7 heteroatoms. The minimum atomic E-state index is 0.693. The second-order valence-corrected chi connectivity index (χ2v) is 5.03. The highest BCUT2D eigenvalue weighted by Crippen LogP contribution is 2.22. The van der Waals surface area contributed by atoms with Crippen LogP contribution in [0.5, 0.6) is 0 Å². The molecule has 0 radical (unpaired) electrons. The molecule has 19 heavy (non-hydrogen) atoms. The molecule has 2 aromatic heterocycles. The van der Waals surface area contributed by atoms with Crippen LogP contribution in [-0.4, -0.2) is 24.5 Å². The summed E-state index contributed by atoms with van der Waals surface area (Å²) < 4.78 is 4.57. The number of halogens is 1. The van der Waals surface area contributed by atoms with E-state index in [9.17, 15) is 0 Å². The van der Waals surface area contributed by atoms with Gasteiger partial charge in [-0.3, -0.25) is 4.68 Å². The molecule has 3 aromatic rings. The fourth-order valence-electron chi connectivity index (χ4n) is 2.11. The summed E-state index contributed by atoms with van der Waals surface area (Å²) in [6, 6.07) is 5.80. The lowest BCUT2D eigenvalue weighted by molar-refractivity contribution is 0.517. The van der Waals surface area contributed by atoms with Gasteiger partial charge in [-0.05, 0) is 30.8 Å². The molecular weight excluding hydrogens is 282 g/mol. The van der Waals surface area contributed by atoms with Gasteiger partial charge in [0.25, 0.3) is 0 Å². The normalized spacial score (nSPS) is 11.2. The SMILES string of the molecule is S=c1[nH]c2c(Cl)cccc2n1CCCn1ccnn1. The number of benzene rings is 1. The van der Waals surface area contributed by atoms with E-state index in [1.54, 1.807) is 6.20 Å². The van der Waals surface area contributed by atoms with E-state index in [4.69, 9.17) is 23.8 Å². The molecule has 5 nitrogen and oxygen atoms in total. The van der Waals surface area contributed by atoms with Gasteiger partial charge in [0.15, 0.2) is 4.77 Å². The highest BCUT2D eigenvalue weighted by Gasteiger charge is 2.06. The van der Waals surface area contributed by atoms with Crippen LogP contribution in [0.1, 0.15) is 6.42 Å². The smallest absolute Gasteiger partial charge is 0.178 e. The lowest BCUT2D eigenvalue weighted by Gasteiger charge is -2.04. The highest BCUT2D eigenvalue weighted by molar-refractivity contribution is 7.71. The van der Waals surface area contributed by atoms with E-state index in [0.29, 0.717) is 9.79 Å². The summed E-state index contributed by atoms with van der Waals surface area (Å²) in [6.45, 7) is 1.63. The van der Waals surface area contributed by atoms with Gasteiger partial charge in [-0.1, -0.05) is 22.9 Å². The molecule has 3 rings (SSSR count). The second kappa shape index (κ2) is 5.14. The minimum absolute atomic E-state index is 0.693. The summed E-state index contributed by atoms with van der Waals surface area (Å²) in [5.41, 5.74) is 1.94. The number of hydrogen-bond acceptors (Lipinski definition) is 3. The molecule has 0 saturated carbocycles. The van der Waals surface area contributed by atoms with Crippen LogP contribution in [0.2, 0.25) is 5.02 Å². The lowest BCUT2D eigenvalue weighted by Crippen LogP contribution is -2.04. The molecule has 0 spiro atoms. The van der Waals surface area contributed by atoms with Gasteiger partial charge in [-0.25, -0.2) is 0 Å². The molecule has 0 amide bonds. The van der Waals surface area contributed by atoms with Crippen molar-refractivity contribution < 1.29 is 0 Å². The zero-order valence-corrected chi connectivity index (χ0v) is 11.7. The standard InChI is InChI=1S/C12H12ClN5S/c13-9-3-1-4-10-11(9)15-12(19)18(10)7-2-6-17-8-5-14-16-17/h1,3-5,8H,2,6-7H2,(H,15,19). The van der Waals surface area contributed by atoms with E-state index in [1.807, 2.05) is 29.1 Å². The Labute approximate surface area is 119 Å². The van der Waals surface area contributed by atoms with Gasteiger partial charge in [0.1, 0.15) is 0 Å². The van der Waals surface area contributed by atoms with E-state index >= 15 is 0 Å². The number of hydrogen-bond donors (Lipinski definition) is 1. The van der Waals surface area contributed by atoms with E-state index in [1.165, 1.54) is 0 Å². The van der Waals surface area contributed by atoms with E-state index in [0.717, 1.165) is 30.5 Å². The Bertz CT molecular complexity index is 743. The number of rotatable bonds is 4. The van der Waals surface area contributed by atoms with E-state index in [-0.39, 0.29) is 0 Å². The number of H-pyrrole nitrogens is 1. The van der Waals surface area contributed by atoms with Crippen molar-refractivity contribution in [1.82, 2.24) is 24.5 Å². The average Bonchev–Trinajstić information content (AvgIpc) is 3.00. The second-order valence-electron chi connectivity index (χ2n) is 4.24. The first kappa shape index (κ1) is 12.4. The third-order valence-electron chi connectivity index (χ3n) is 3.00. The molecule has 0 atom stereocenters. The predicted octanol–water partition coefficient (Wildman–Crippen LogP) is 3.03. The van der Waals surface area contributed by atoms with Crippen LogP contribution < -0.4 is 0 Å². The molecule has 1 aromatic carbocycles. The maximum absolute atomic E-state index is 6.14. The first-order chi connectivity index (χ1) is 9.25. The van der Waals surface area contributed by atoms with Crippen LogP contribution in [0, 0.1) is 4.77 Å². The zero-order valence-electron chi connectivity index (χ0n) is 10.1. The number of imidazole rings is 1. The molecule has 0 aliphatic heterocycles. The van der Waals surface area contributed by atoms with Gasteiger partial charge in [0.2, 0.25) is 0 Å². The molecule has 98 valence electrons. The van der Waals surface area contributed by atoms with Crippen LogP contribution >= 0.6 is 23.8 Å². The number of nitrogens with zero attached hydrogens (tertiary/aromatic N) is 4. The van der Waals surface area contributed by atoms with Gasteiger partial charge >= 0.3 is 0 Å². The van der Waals surface area contributed by atoms with Gasteiger partial charge in [-0.15, -0.1) is 5.10 Å². The summed E-state index contributed by atoms with van der Waals surface area (Å²) >= 11 is 11.5. The summed E-state index contributed by atoms with van der Waals surface area (Å²) in [6.07, 6.45) is 4.46. The van der Waals surface area contributed by atoms with Crippen LogP contribution in [0.25, 0.3) is 11.0 Å². The number of aryl methyl sites for hydroxylation is 2. The minimum Gasteiger partial charge on any atom is -0.329 e. The van der Waals surface area contributed by atoms with Crippen LogP contribution in [0.3, 0.4) is 0 Å². The highest BCUT2D eigenvalue weighted by atomic mass is 35.5. The summed E-state index contributed by atoms with van der Waals surface area (Å²) in [7, 11) is 0. The van der Waals surface area contributed by atoms with E-state index < -0.39 is 0 Å². The van der Waals surface area contributed by atoms with Crippen molar-refractivity contribution in [2.75, 3.05) is 0 Å². The Morgan fingerprint density at radius 2 is 2.21 bits per heavy atom. The van der Waals surface area contributed by atoms with Gasteiger partial charge in [0.05, 0.1) is 22.3 Å². The first-order valence-corrected chi connectivity index (χ1v) is 6.75. The fourth-order valence-corrected chi connectivity index (χ4v) is 2.62. The van der Waals surface area contributed by atoms with Crippen molar-refractivity contribution in [2.45, 2.75) is 19.5 Å². The summed E-state index contributed by atoms with van der Waals surface area (Å²) in [5.74, 6) is 0. The van der Waals surface area contributed by atoms with Crippen LogP contribution in [0.15, 0.2) is 30.6 Å². The number of aromatic amines is 1. The molecule has 0 aliphatic carbocycles. The largest absolute Gasteiger partial charge is 0.329 e. The number of nitrogens with one attached hydrogen (secondary N) is 1. The lowest BCUT2D eigenvalue weighted by atomic mass is 10.3. The third-order valence-corrected chi connectivity index (χ3v) is 3.64. The fraction of sp³-hybridized carbons (Fsp3) is 0.250. The van der Waals surface area contributed by atoms with Gasteiger partial charge in [-0.2, -0.15) is 0 Å². The van der Waals surface area contributed by atoms with Crippen LogP contribution in [0.4, 0.5) is 0 Å². The Morgan fingerprint density at radius 3 is 3.00 bits per heavy atom. The van der Waals surface area contributed by atoms with Gasteiger partial charge in [0, 0.05) is 19.3 Å². The van der Waals surface area contributed by atoms with Crippen molar-refractivity contribution in [1.29, 1.82) is 0 Å². The zero-order chi connectivity index (χ0) is 13.2. The molecule has 0 fully saturated rings. The number of aromatic nitrogens is 5. The monoisotopic (exact) mass is 293 g/mol. The number of para-hydroxylation sites is 1. The molecule has 2 heterocycles. The topological polar surface area (TPSA) is 51.4 Å². The summed E-state index contributed by atoms with van der Waals surface area (Å²) in [5, 5.41) is 8.41. The molecule has 0 bridgehead atoms. The maximum atomic E-state index is 6.14. The Morgan fingerprint density at radius 1 is 1.32 bits per heavy atom. The average molecular weight is 294 g/mol. The third kappa shape index (κ3) is 2.41. The Balaban J connectivity index is 1.83. The van der Waals surface area contributed by atoms with Crippen molar-refractivity contribution in [2.24, 2.45) is 0 Å².